The van der Waals surface area contributed by atoms with Crippen LogP contribution in [0.25, 0.3) is 0 Å². The molecule has 0 aliphatic heterocycles. The molecule has 0 aromatic carbocycles. The zero-order chi connectivity index (χ0) is 14.0. The number of hydrogen-bond donors (Lipinski definition) is 1. The molecule has 1 fully saturated rings. The molecule has 1 aromatic rings. The monoisotopic (exact) mass is 261 g/mol. The van der Waals surface area contributed by atoms with Crippen LogP contribution in [0.5, 0.6) is 0 Å². The smallest absolute Gasteiger partial charge is 0.101 e. The molecule has 4 heteroatoms. The third-order valence-electron chi connectivity index (χ3n) is 4.44. The lowest BCUT2D eigenvalue weighted by atomic mass is 9.78. The van der Waals surface area contributed by atoms with Crippen LogP contribution in [-0.4, -0.2) is 14.9 Å². The minimum atomic E-state index is -0.721. The summed E-state index contributed by atoms with van der Waals surface area (Å²) < 4.78 is 1.83. The molecule has 4 nitrogen and oxygen atoms in total. The van der Waals surface area contributed by atoms with E-state index in [1.807, 2.05) is 24.7 Å². The van der Waals surface area contributed by atoms with Gasteiger partial charge in [0.2, 0.25) is 0 Å². The molecule has 1 saturated carbocycles. The third kappa shape index (κ3) is 2.52. The highest BCUT2D eigenvalue weighted by atomic mass is 16.3. The van der Waals surface area contributed by atoms with Crippen molar-refractivity contribution >= 4 is 0 Å². The topological polar surface area (TPSA) is 61.8 Å². The fourth-order valence-corrected chi connectivity index (χ4v) is 3.04. The van der Waals surface area contributed by atoms with Crippen LogP contribution in [0.1, 0.15) is 64.2 Å². The summed E-state index contributed by atoms with van der Waals surface area (Å²) >= 11 is 0. The number of aromatic nitrogens is 2. The summed E-state index contributed by atoms with van der Waals surface area (Å²) in [5.74, 6) is 0.564. The van der Waals surface area contributed by atoms with Gasteiger partial charge >= 0.3 is 0 Å². The first-order valence-corrected chi connectivity index (χ1v) is 7.15. The third-order valence-corrected chi connectivity index (χ3v) is 4.44. The lowest BCUT2D eigenvalue weighted by Crippen LogP contribution is -2.24. The van der Waals surface area contributed by atoms with Crippen molar-refractivity contribution in [2.24, 2.45) is 11.3 Å². The zero-order valence-electron chi connectivity index (χ0n) is 12.0. The van der Waals surface area contributed by atoms with Crippen LogP contribution in [0.15, 0.2) is 12.4 Å². The largest absolute Gasteiger partial charge is 0.387 e. The first-order chi connectivity index (χ1) is 9.02. The Morgan fingerprint density at radius 3 is 2.84 bits per heavy atom. The Balaban J connectivity index is 2.21. The number of nitrogens with zero attached hydrogens (tertiary/aromatic N) is 3. The highest BCUT2D eigenvalue weighted by molar-refractivity contribution is 5.19. The maximum atomic E-state index is 10.6. The molecular formula is C15H23N3O. The number of hydrogen-bond acceptors (Lipinski definition) is 3. The Morgan fingerprint density at radius 2 is 2.37 bits per heavy atom. The second-order valence-electron chi connectivity index (χ2n) is 6.03. The molecular weight excluding hydrogens is 238 g/mol. The lowest BCUT2D eigenvalue weighted by Gasteiger charge is -2.26. The van der Waals surface area contributed by atoms with Gasteiger partial charge in [0.05, 0.1) is 17.7 Å². The van der Waals surface area contributed by atoms with Gasteiger partial charge in [-0.3, -0.25) is 4.68 Å². The minimum Gasteiger partial charge on any atom is -0.387 e. The predicted octanol–water partition coefficient (Wildman–Crippen LogP) is 3.22. The summed E-state index contributed by atoms with van der Waals surface area (Å²) in [7, 11) is 0. The average Bonchev–Trinajstić information content (AvgIpc) is 3.05. The van der Waals surface area contributed by atoms with Gasteiger partial charge in [-0.2, -0.15) is 10.4 Å². The van der Waals surface area contributed by atoms with E-state index in [9.17, 15) is 10.4 Å². The highest BCUT2D eigenvalue weighted by Gasteiger charge is 2.45. The molecule has 1 heterocycles. The summed E-state index contributed by atoms with van der Waals surface area (Å²) in [6.45, 7) is 6.25. The van der Waals surface area contributed by atoms with Crippen LogP contribution < -0.4 is 0 Å². The van der Waals surface area contributed by atoms with Gasteiger partial charge in [0, 0.05) is 17.8 Å². The number of nitriles is 1. The molecule has 1 N–H and O–H groups in total. The van der Waals surface area contributed by atoms with Crippen molar-refractivity contribution in [3.8, 4) is 6.07 Å². The van der Waals surface area contributed by atoms with Crippen molar-refractivity contribution in [3.63, 3.8) is 0 Å². The van der Waals surface area contributed by atoms with Crippen LogP contribution in [0.2, 0.25) is 0 Å². The second-order valence-corrected chi connectivity index (χ2v) is 6.03. The molecule has 3 atom stereocenters. The van der Waals surface area contributed by atoms with E-state index in [1.165, 1.54) is 0 Å². The fourth-order valence-electron chi connectivity index (χ4n) is 3.04. The number of aliphatic hydroxyl groups is 1. The van der Waals surface area contributed by atoms with Crippen molar-refractivity contribution < 1.29 is 5.11 Å². The molecule has 1 aromatic heterocycles. The van der Waals surface area contributed by atoms with Crippen LogP contribution >= 0.6 is 0 Å². The Morgan fingerprint density at radius 1 is 1.63 bits per heavy atom. The SMILES string of the molecule is CCC1CCC(C#N)(C(O)c2cnn(C(C)C)c2)C1. The Labute approximate surface area is 115 Å². The predicted molar refractivity (Wildman–Crippen MR) is 73.2 cm³/mol. The summed E-state index contributed by atoms with van der Waals surface area (Å²) in [4.78, 5) is 0. The first kappa shape index (κ1) is 14.1. The quantitative estimate of drug-likeness (QED) is 0.905. The van der Waals surface area contributed by atoms with E-state index >= 15 is 0 Å². The van der Waals surface area contributed by atoms with E-state index in [0.717, 1.165) is 31.2 Å². The van der Waals surface area contributed by atoms with E-state index in [0.29, 0.717) is 5.92 Å². The molecule has 19 heavy (non-hydrogen) atoms. The molecule has 0 bridgehead atoms. The fraction of sp³-hybridized carbons (Fsp3) is 0.733. The molecule has 1 aliphatic rings. The molecule has 1 aliphatic carbocycles. The lowest BCUT2D eigenvalue weighted by molar-refractivity contribution is 0.0640. The number of aliphatic hydroxyl groups excluding tert-OH is 1. The van der Waals surface area contributed by atoms with E-state index in [-0.39, 0.29) is 6.04 Å². The van der Waals surface area contributed by atoms with Crippen LogP contribution in [0.3, 0.4) is 0 Å². The van der Waals surface area contributed by atoms with Crippen LogP contribution in [0, 0.1) is 22.7 Å². The van der Waals surface area contributed by atoms with Crippen molar-refractivity contribution in [2.75, 3.05) is 0 Å². The van der Waals surface area contributed by atoms with Crippen molar-refractivity contribution in [1.29, 1.82) is 5.26 Å². The number of rotatable bonds is 4. The van der Waals surface area contributed by atoms with Gasteiger partial charge in [-0.05, 0) is 39.0 Å². The van der Waals surface area contributed by atoms with Gasteiger partial charge in [0.1, 0.15) is 6.10 Å². The van der Waals surface area contributed by atoms with E-state index < -0.39 is 11.5 Å². The van der Waals surface area contributed by atoms with Gasteiger partial charge in [-0.1, -0.05) is 13.3 Å². The van der Waals surface area contributed by atoms with Crippen molar-refractivity contribution in [3.05, 3.63) is 18.0 Å². The molecule has 0 spiro atoms. The van der Waals surface area contributed by atoms with Crippen LogP contribution in [-0.2, 0) is 0 Å². The molecule has 0 amide bonds. The molecule has 0 radical (unpaired) electrons. The van der Waals surface area contributed by atoms with Crippen LogP contribution in [0.4, 0.5) is 0 Å². The standard InChI is InChI=1S/C15H23N3O/c1-4-12-5-6-15(7-12,10-16)14(19)13-8-17-18(9-13)11(2)3/h8-9,11-12,14,19H,4-7H2,1-3H3. The van der Waals surface area contributed by atoms with Gasteiger partial charge < -0.3 is 5.11 Å². The summed E-state index contributed by atoms with van der Waals surface area (Å²) in [5.41, 5.74) is 0.151. The molecule has 0 saturated heterocycles. The van der Waals surface area contributed by atoms with E-state index in [1.54, 1.807) is 6.20 Å². The van der Waals surface area contributed by atoms with Gasteiger partial charge in [-0.25, -0.2) is 0 Å². The minimum absolute atomic E-state index is 0.269. The van der Waals surface area contributed by atoms with E-state index in [2.05, 4.69) is 18.1 Å². The van der Waals surface area contributed by atoms with Gasteiger partial charge in [-0.15, -0.1) is 0 Å². The summed E-state index contributed by atoms with van der Waals surface area (Å²) in [6.07, 6.45) is 6.56. The Hall–Kier alpha value is -1.34. The molecule has 2 rings (SSSR count). The highest BCUT2D eigenvalue weighted by Crippen LogP contribution is 2.50. The molecule has 104 valence electrons. The normalized spacial score (nSPS) is 28.5. The Bertz CT molecular complexity index is 474. The van der Waals surface area contributed by atoms with E-state index in [4.69, 9.17) is 0 Å². The maximum absolute atomic E-state index is 10.6. The molecule has 3 unspecified atom stereocenters. The maximum Gasteiger partial charge on any atom is 0.101 e. The average molecular weight is 261 g/mol. The zero-order valence-corrected chi connectivity index (χ0v) is 12.0. The second kappa shape index (κ2) is 5.34. The summed E-state index contributed by atoms with van der Waals surface area (Å²) in [5, 5.41) is 24.4. The first-order valence-electron chi connectivity index (χ1n) is 7.15. The van der Waals surface area contributed by atoms with Gasteiger partial charge in [0.15, 0.2) is 0 Å². The van der Waals surface area contributed by atoms with Crippen molar-refractivity contribution in [1.82, 2.24) is 9.78 Å². The van der Waals surface area contributed by atoms with Gasteiger partial charge in [0.25, 0.3) is 0 Å². The summed E-state index contributed by atoms with van der Waals surface area (Å²) in [6, 6.07) is 2.66. The van der Waals surface area contributed by atoms with Crippen molar-refractivity contribution in [2.45, 2.75) is 58.6 Å². The Kier molecular flexibility index (Phi) is 3.96.